The van der Waals surface area contributed by atoms with E-state index in [9.17, 15) is 13.2 Å². The number of hydrogen-bond acceptors (Lipinski definition) is 4. The lowest BCUT2D eigenvalue weighted by molar-refractivity contribution is -0.120. The van der Waals surface area contributed by atoms with Gasteiger partial charge in [0.1, 0.15) is 12.3 Å². The number of ether oxygens (including phenoxy) is 1. The molecule has 0 bridgehead atoms. The lowest BCUT2D eigenvalue weighted by Crippen LogP contribution is -2.43. The summed E-state index contributed by atoms with van der Waals surface area (Å²) in [6.07, 6.45) is 1.75. The molecule has 1 amide bonds. The number of hydrogen-bond donors (Lipinski definition) is 1. The van der Waals surface area contributed by atoms with Gasteiger partial charge in [-0.15, -0.1) is 0 Å². The molecule has 6 nitrogen and oxygen atoms in total. The molecule has 0 aliphatic carbocycles. The van der Waals surface area contributed by atoms with Gasteiger partial charge in [0, 0.05) is 6.04 Å². The summed E-state index contributed by atoms with van der Waals surface area (Å²) >= 11 is 0. The standard InChI is InChI=1S/C21H28N2O4S/c1-5-9-17(3)22-21(24)15-23(19-14-16(2)12-13-20(19)27-4)28(25,26)18-10-7-6-8-11-18/h6-8,10-14,17H,5,9,15H2,1-4H3,(H,22,24)/t17-/m1/s1. The molecular formula is C21H28N2O4S. The summed E-state index contributed by atoms with van der Waals surface area (Å²) in [5.74, 6) is 0.0310. The minimum atomic E-state index is -3.95. The number of methoxy groups -OCH3 is 1. The number of carbonyl (C=O) groups is 1. The molecule has 0 heterocycles. The number of sulfonamides is 1. The van der Waals surface area contributed by atoms with Crippen molar-refractivity contribution in [1.29, 1.82) is 0 Å². The Labute approximate surface area is 167 Å². The second kappa shape index (κ2) is 9.59. The van der Waals surface area contributed by atoms with Crippen LogP contribution in [0.15, 0.2) is 53.4 Å². The van der Waals surface area contributed by atoms with Crippen LogP contribution in [0.1, 0.15) is 32.3 Å². The molecule has 1 atom stereocenters. The van der Waals surface area contributed by atoms with Crippen LogP contribution in [0.4, 0.5) is 5.69 Å². The van der Waals surface area contributed by atoms with Gasteiger partial charge in [-0.2, -0.15) is 0 Å². The third-order valence-electron chi connectivity index (χ3n) is 4.35. The topological polar surface area (TPSA) is 75.7 Å². The molecule has 28 heavy (non-hydrogen) atoms. The van der Waals surface area contributed by atoms with E-state index in [1.54, 1.807) is 30.3 Å². The van der Waals surface area contributed by atoms with Crippen LogP contribution in [-0.4, -0.2) is 34.0 Å². The van der Waals surface area contributed by atoms with Crippen molar-refractivity contribution in [2.45, 2.75) is 44.6 Å². The Morgan fingerprint density at radius 3 is 2.46 bits per heavy atom. The summed E-state index contributed by atoms with van der Waals surface area (Å²) in [7, 11) is -2.48. The summed E-state index contributed by atoms with van der Waals surface area (Å²) in [4.78, 5) is 12.7. The summed E-state index contributed by atoms with van der Waals surface area (Å²) in [6, 6.07) is 13.3. The van der Waals surface area contributed by atoms with Crippen molar-refractivity contribution in [1.82, 2.24) is 5.32 Å². The van der Waals surface area contributed by atoms with Gasteiger partial charge in [0.15, 0.2) is 0 Å². The Bertz CT molecular complexity index is 898. The summed E-state index contributed by atoms with van der Waals surface area (Å²) < 4.78 is 33.2. The second-order valence-electron chi connectivity index (χ2n) is 6.76. The average Bonchev–Trinajstić information content (AvgIpc) is 2.66. The van der Waals surface area contributed by atoms with E-state index in [1.165, 1.54) is 19.2 Å². The zero-order valence-electron chi connectivity index (χ0n) is 16.8. The highest BCUT2D eigenvalue weighted by Gasteiger charge is 2.29. The number of amides is 1. The summed E-state index contributed by atoms with van der Waals surface area (Å²) in [5, 5.41) is 2.87. The first kappa shape index (κ1) is 21.8. The molecule has 2 aromatic carbocycles. The maximum atomic E-state index is 13.3. The van der Waals surface area contributed by atoms with Gasteiger partial charge in [0.05, 0.1) is 17.7 Å². The molecule has 0 saturated carbocycles. The van der Waals surface area contributed by atoms with Crippen LogP contribution in [-0.2, 0) is 14.8 Å². The molecule has 0 radical (unpaired) electrons. The summed E-state index contributed by atoms with van der Waals surface area (Å²) in [5.41, 5.74) is 1.20. The minimum absolute atomic E-state index is 0.0295. The fourth-order valence-corrected chi connectivity index (χ4v) is 4.41. The van der Waals surface area contributed by atoms with Crippen LogP contribution >= 0.6 is 0 Å². The van der Waals surface area contributed by atoms with Crippen molar-refractivity contribution in [3.05, 3.63) is 54.1 Å². The molecule has 0 saturated heterocycles. The maximum absolute atomic E-state index is 13.3. The Morgan fingerprint density at radius 2 is 1.86 bits per heavy atom. The van der Waals surface area contributed by atoms with E-state index >= 15 is 0 Å². The number of nitrogens with one attached hydrogen (secondary N) is 1. The van der Waals surface area contributed by atoms with Gasteiger partial charge in [-0.05, 0) is 50.1 Å². The number of carbonyl (C=O) groups excluding carboxylic acids is 1. The van der Waals surface area contributed by atoms with Gasteiger partial charge in [-0.1, -0.05) is 37.6 Å². The molecule has 0 unspecified atom stereocenters. The van der Waals surface area contributed by atoms with E-state index in [2.05, 4.69) is 5.32 Å². The van der Waals surface area contributed by atoms with E-state index in [4.69, 9.17) is 4.74 Å². The molecule has 152 valence electrons. The fourth-order valence-electron chi connectivity index (χ4n) is 2.97. The van der Waals surface area contributed by atoms with E-state index in [1.807, 2.05) is 26.8 Å². The molecule has 1 N–H and O–H groups in total. The number of benzene rings is 2. The Morgan fingerprint density at radius 1 is 1.18 bits per heavy atom. The van der Waals surface area contributed by atoms with Gasteiger partial charge < -0.3 is 10.1 Å². The molecule has 2 rings (SSSR count). The Kier molecular flexibility index (Phi) is 7.45. The van der Waals surface area contributed by atoms with Crippen LogP contribution in [0.5, 0.6) is 5.75 Å². The van der Waals surface area contributed by atoms with Crippen molar-refractivity contribution < 1.29 is 17.9 Å². The lowest BCUT2D eigenvalue weighted by atomic mass is 10.2. The molecule has 0 aliphatic heterocycles. The average molecular weight is 405 g/mol. The monoisotopic (exact) mass is 404 g/mol. The van der Waals surface area contributed by atoms with E-state index in [-0.39, 0.29) is 23.4 Å². The van der Waals surface area contributed by atoms with Crippen LogP contribution in [0.25, 0.3) is 0 Å². The quantitative estimate of drug-likeness (QED) is 0.694. The molecule has 7 heteroatoms. The Balaban J connectivity index is 2.48. The SMILES string of the molecule is CCC[C@@H](C)NC(=O)CN(c1cc(C)ccc1OC)S(=O)(=O)c1ccccc1. The highest BCUT2D eigenvalue weighted by molar-refractivity contribution is 7.92. The number of rotatable bonds is 9. The smallest absolute Gasteiger partial charge is 0.264 e. The van der Waals surface area contributed by atoms with Gasteiger partial charge in [0.2, 0.25) is 5.91 Å². The normalized spacial score (nSPS) is 12.3. The first-order valence-electron chi connectivity index (χ1n) is 9.31. The fraction of sp³-hybridized carbons (Fsp3) is 0.381. The predicted octanol–water partition coefficient (Wildman–Crippen LogP) is 3.50. The van der Waals surface area contributed by atoms with Crippen molar-refractivity contribution in [3.63, 3.8) is 0 Å². The van der Waals surface area contributed by atoms with Gasteiger partial charge in [0.25, 0.3) is 10.0 Å². The first-order chi connectivity index (χ1) is 13.3. The molecule has 0 aromatic heterocycles. The van der Waals surface area contributed by atoms with E-state index < -0.39 is 10.0 Å². The highest BCUT2D eigenvalue weighted by Crippen LogP contribution is 2.33. The van der Waals surface area contributed by atoms with E-state index in [0.29, 0.717) is 11.4 Å². The molecule has 0 aliphatic rings. The summed E-state index contributed by atoms with van der Waals surface area (Å²) in [6.45, 7) is 5.47. The Hall–Kier alpha value is -2.54. The van der Waals surface area contributed by atoms with Crippen molar-refractivity contribution in [3.8, 4) is 5.75 Å². The maximum Gasteiger partial charge on any atom is 0.264 e. The van der Waals surface area contributed by atoms with Crippen molar-refractivity contribution >= 4 is 21.6 Å². The van der Waals surface area contributed by atoms with Crippen molar-refractivity contribution in [2.24, 2.45) is 0 Å². The highest BCUT2D eigenvalue weighted by atomic mass is 32.2. The van der Waals surface area contributed by atoms with Crippen molar-refractivity contribution in [2.75, 3.05) is 18.0 Å². The zero-order chi connectivity index (χ0) is 20.7. The number of nitrogens with zero attached hydrogens (tertiary/aromatic N) is 1. The predicted molar refractivity (Wildman–Crippen MR) is 111 cm³/mol. The second-order valence-corrected chi connectivity index (χ2v) is 8.62. The third-order valence-corrected chi connectivity index (χ3v) is 6.12. The van der Waals surface area contributed by atoms with Crippen LogP contribution < -0.4 is 14.4 Å². The van der Waals surface area contributed by atoms with Crippen LogP contribution in [0, 0.1) is 6.92 Å². The van der Waals surface area contributed by atoms with E-state index in [0.717, 1.165) is 22.7 Å². The lowest BCUT2D eigenvalue weighted by Gasteiger charge is -2.26. The molecule has 2 aromatic rings. The van der Waals surface area contributed by atoms with Gasteiger partial charge in [-0.25, -0.2) is 8.42 Å². The minimum Gasteiger partial charge on any atom is -0.495 e. The van der Waals surface area contributed by atoms with Gasteiger partial charge in [-0.3, -0.25) is 9.10 Å². The first-order valence-corrected chi connectivity index (χ1v) is 10.8. The molecule has 0 fully saturated rings. The zero-order valence-corrected chi connectivity index (χ0v) is 17.6. The number of aryl methyl sites for hydroxylation is 1. The molecular weight excluding hydrogens is 376 g/mol. The largest absolute Gasteiger partial charge is 0.495 e. The third kappa shape index (κ3) is 5.25. The van der Waals surface area contributed by atoms with Crippen LogP contribution in [0.2, 0.25) is 0 Å². The molecule has 0 spiro atoms. The van der Waals surface area contributed by atoms with Crippen LogP contribution in [0.3, 0.4) is 0 Å². The number of anilines is 1. The van der Waals surface area contributed by atoms with Gasteiger partial charge >= 0.3 is 0 Å².